The number of hydrogen-bond acceptors (Lipinski definition) is 3. The lowest BCUT2D eigenvalue weighted by atomic mass is 9.94. The zero-order valence-corrected chi connectivity index (χ0v) is 32.4. The molecule has 0 atom stereocenters. The quantitative estimate of drug-likeness (QED) is 0.169. The minimum Gasteiger partial charge on any atom is -0.309 e. The highest BCUT2D eigenvalue weighted by atomic mass is 32.1. The van der Waals surface area contributed by atoms with Crippen LogP contribution in [0.25, 0.3) is 94.9 Å². The van der Waals surface area contributed by atoms with E-state index in [0.717, 1.165) is 11.4 Å². The van der Waals surface area contributed by atoms with Crippen molar-refractivity contribution in [1.82, 2.24) is 0 Å². The molecule has 0 saturated carbocycles. The van der Waals surface area contributed by atoms with E-state index in [-0.39, 0.29) is 0 Å². The molecule has 0 fully saturated rings. The lowest BCUT2D eigenvalue weighted by Gasteiger charge is -2.26. The van der Waals surface area contributed by atoms with Crippen molar-refractivity contribution in [2.24, 2.45) is 0 Å². The van der Waals surface area contributed by atoms with Gasteiger partial charge >= 0.3 is 0 Å². The Kier molecular flexibility index (Phi) is 7.34. The van der Waals surface area contributed by atoms with Crippen molar-refractivity contribution in [3.63, 3.8) is 0 Å². The van der Waals surface area contributed by atoms with Gasteiger partial charge in [-0.2, -0.15) is 0 Å². The number of nitrogens with zero attached hydrogens (tertiary/aromatic N) is 1. The molecule has 2 heterocycles. The van der Waals surface area contributed by atoms with Crippen LogP contribution in [-0.4, -0.2) is 0 Å². The van der Waals surface area contributed by atoms with Crippen LogP contribution in [0.5, 0.6) is 0 Å². The van der Waals surface area contributed by atoms with Crippen LogP contribution in [0.4, 0.5) is 17.1 Å². The molecule has 12 rings (SSSR count). The van der Waals surface area contributed by atoms with Crippen LogP contribution < -0.4 is 4.90 Å². The van der Waals surface area contributed by atoms with E-state index in [2.05, 4.69) is 205 Å². The van der Waals surface area contributed by atoms with Gasteiger partial charge in [0.1, 0.15) is 0 Å². The van der Waals surface area contributed by atoms with E-state index < -0.39 is 0 Å². The summed E-state index contributed by atoms with van der Waals surface area (Å²) in [6.45, 7) is 0. The Morgan fingerprint density at radius 1 is 0.281 bits per heavy atom. The van der Waals surface area contributed by atoms with E-state index >= 15 is 0 Å². The molecule has 0 N–H and O–H groups in total. The Hall–Kier alpha value is -6.78. The van der Waals surface area contributed by atoms with Crippen molar-refractivity contribution in [2.75, 3.05) is 4.90 Å². The lowest BCUT2D eigenvalue weighted by Crippen LogP contribution is -2.10. The van der Waals surface area contributed by atoms with Gasteiger partial charge in [-0.3, -0.25) is 0 Å². The van der Waals surface area contributed by atoms with Crippen LogP contribution in [0.1, 0.15) is 0 Å². The average molecular weight is 760 g/mol. The predicted molar refractivity (Wildman–Crippen MR) is 250 cm³/mol. The second-order valence-corrected chi connectivity index (χ2v) is 16.9. The molecule has 0 aliphatic rings. The van der Waals surface area contributed by atoms with Gasteiger partial charge in [-0.15, -0.1) is 22.7 Å². The number of hydrogen-bond donors (Lipinski definition) is 0. The summed E-state index contributed by atoms with van der Waals surface area (Å²) in [5, 5.41) is 12.7. The number of fused-ring (bicyclic) bond motifs is 10. The summed E-state index contributed by atoms with van der Waals surface area (Å²) >= 11 is 3.84. The molecular weight excluding hydrogens is 727 g/mol. The Balaban J connectivity index is 1.11. The number of benzene rings is 10. The summed E-state index contributed by atoms with van der Waals surface area (Å²) in [7, 11) is 0. The predicted octanol–water partition coefficient (Wildman–Crippen LogP) is 16.7. The fourth-order valence-electron chi connectivity index (χ4n) is 8.94. The first-order chi connectivity index (χ1) is 28.3. The van der Waals surface area contributed by atoms with Gasteiger partial charge in [0.15, 0.2) is 0 Å². The lowest BCUT2D eigenvalue weighted by molar-refractivity contribution is 1.31. The molecule has 0 unspecified atom stereocenters. The molecule has 0 radical (unpaired) electrons. The first-order valence-corrected chi connectivity index (χ1v) is 21.0. The highest BCUT2D eigenvalue weighted by molar-refractivity contribution is 7.27. The number of rotatable bonds is 5. The SMILES string of the molecule is c1ccc(-c2cccc3c2sc2c(-c4cc5c6cccc(N(c7ccc8ccccc8c7)c7ccc8ccccc8c7)c6sc5c5ccccc45)cccc23)cc1. The zero-order chi connectivity index (χ0) is 37.5. The highest BCUT2D eigenvalue weighted by Crippen LogP contribution is 2.50. The van der Waals surface area contributed by atoms with Crippen molar-refractivity contribution in [3.8, 4) is 22.3 Å². The summed E-state index contributed by atoms with van der Waals surface area (Å²) in [5.41, 5.74) is 8.59. The second-order valence-electron chi connectivity index (χ2n) is 14.8. The molecule has 266 valence electrons. The summed E-state index contributed by atoms with van der Waals surface area (Å²) in [6, 6.07) is 73.8. The van der Waals surface area contributed by atoms with Crippen LogP contribution in [-0.2, 0) is 0 Å². The number of thiophene rings is 2. The maximum Gasteiger partial charge on any atom is 0.0640 e. The molecule has 0 aliphatic heterocycles. The first kappa shape index (κ1) is 32.5. The van der Waals surface area contributed by atoms with Gasteiger partial charge in [-0.05, 0) is 80.0 Å². The van der Waals surface area contributed by atoms with Gasteiger partial charge in [0.25, 0.3) is 0 Å². The minimum atomic E-state index is 1.14. The molecule has 0 aliphatic carbocycles. The summed E-state index contributed by atoms with van der Waals surface area (Å²) in [4.78, 5) is 2.46. The fourth-order valence-corrected chi connectivity index (χ4v) is 11.6. The fraction of sp³-hybridized carbons (Fsp3) is 0. The largest absolute Gasteiger partial charge is 0.309 e. The van der Waals surface area contributed by atoms with E-state index in [1.54, 1.807) is 0 Å². The molecule has 3 heteroatoms. The molecular formula is C54H33NS2. The highest BCUT2D eigenvalue weighted by Gasteiger charge is 2.22. The van der Waals surface area contributed by atoms with Crippen molar-refractivity contribution in [2.45, 2.75) is 0 Å². The van der Waals surface area contributed by atoms with Crippen LogP contribution >= 0.6 is 22.7 Å². The van der Waals surface area contributed by atoms with Gasteiger partial charge in [-0.1, -0.05) is 164 Å². The van der Waals surface area contributed by atoms with Crippen molar-refractivity contribution in [1.29, 1.82) is 0 Å². The minimum absolute atomic E-state index is 1.14. The van der Waals surface area contributed by atoms with E-state index in [4.69, 9.17) is 0 Å². The molecule has 10 aromatic carbocycles. The smallest absolute Gasteiger partial charge is 0.0640 e. The van der Waals surface area contributed by atoms with Gasteiger partial charge in [0.2, 0.25) is 0 Å². The van der Waals surface area contributed by atoms with E-state index in [1.165, 1.54) is 101 Å². The Labute approximate surface area is 337 Å². The Morgan fingerprint density at radius 3 is 1.46 bits per heavy atom. The third kappa shape index (κ3) is 5.13. The third-order valence-electron chi connectivity index (χ3n) is 11.6. The first-order valence-electron chi connectivity index (χ1n) is 19.4. The van der Waals surface area contributed by atoms with Gasteiger partial charge < -0.3 is 4.90 Å². The van der Waals surface area contributed by atoms with Gasteiger partial charge in [-0.25, -0.2) is 0 Å². The molecule has 0 bridgehead atoms. The van der Waals surface area contributed by atoms with E-state index in [9.17, 15) is 0 Å². The van der Waals surface area contributed by atoms with E-state index in [1.807, 2.05) is 22.7 Å². The summed E-state index contributed by atoms with van der Waals surface area (Å²) in [5.74, 6) is 0. The van der Waals surface area contributed by atoms with Crippen LogP contribution in [0.15, 0.2) is 200 Å². The molecule has 57 heavy (non-hydrogen) atoms. The normalized spacial score (nSPS) is 11.9. The van der Waals surface area contributed by atoms with Crippen LogP contribution in [0, 0.1) is 0 Å². The maximum absolute atomic E-state index is 2.48. The average Bonchev–Trinajstić information content (AvgIpc) is 3.86. The Morgan fingerprint density at radius 2 is 0.772 bits per heavy atom. The molecule has 2 aromatic heterocycles. The standard InChI is InChI=1S/C54H33NS2/c1-2-15-36(16-3-1)41-21-10-22-44-45-23-11-24-46(52(45)56-51(41)44)48-33-49-47-25-12-26-50(54(47)57-53(49)43-20-9-8-19-42(43)48)55(39-29-27-34-13-4-6-17-37(34)31-39)40-30-28-35-14-5-7-18-38(35)32-40/h1-33H. The molecule has 1 nitrogen and oxygen atoms in total. The van der Waals surface area contributed by atoms with Crippen molar-refractivity contribution >= 4 is 112 Å². The summed E-state index contributed by atoms with van der Waals surface area (Å²) < 4.78 is 5.27. The second kappa shape index (κ2) is 12.9. The van der Waals surface area contributed by atoms with Gasteiger partial charge in [0.05, 0.1) is 10.4 Å². The third-order valence-corrected chi connectivity index (χ3v) is 14.2. The Bertz CT molecular complexity index is 3460. The van der Waals surface area contributed by atoms with Crippen LogP contribution in [0.2, 0.25) is 0 Å². The van der Waals surface area contributed by atoms with Crippen LogP contribution in [0.3, 0.4) is 0 Å². The van der Waals surface area contributed by atoms with E-state index in [0.29, 0.717) is 0 Å². The molecule has 0 saturated heterocycles. The monoisotopic (exact) mass is 759 g/mol. The number of anilines is 3. The zero-order valence-electron chi connectivity index (χ0n) is 30.8. The topological polar surface area (TPSA) is 3.24 Å². The molecule has 0 spiro atoms. The maximum atomic E-state index is 2.48. The van der Waals surface area contributed by atoms with Gasteiger partial charge in [0, 0.05) is 58.0 Å². The van der Waals surface area contributed by atoms with Crippen molar-refractivity contribution in [3.05, 3.63) is 200 Å². The molecule has 0 amide bonds. The van der Waals surface area contributed by atoms with Crippen molar-refractivity contribution < 1.29 is 0 Å². The summed E-state index contributed by atoms with van der Waals surface area (Å²) in [6.07, 6.45) is 0. The molecule has 12 aromatic rings.